The Balaban J connectivity index is 1.96. The minimum atomic E-state index is 0.395. The van der Waals surface area contributed by atoms with Crippen LogP contribution in [0.2, 0.25) is 0 Å². The van der Waals surface area contributed by atoms with Crippen LogP contribution in [-0.2, 0) is 6.42 Å². The molecule has 1 aromatic carbocycles. The van der Waals surface area contributed by atoms with Crippen LogP contribution in [0.15, 0.2) is 24.3 Å². The number of hydrogen-bond donors (Lipinski definition) is 2. The maximum absolute atomic E-state index is 5.78. The first-order valence-corrected chi connectivity index (χ1v) is 7.42. The first-order valence-electron chi connectivity index (χ1n) is 7.42. The van der Waals surface area contributed by atoms with Gasteiger partial charge in [0.2, 0.25) is 0 Å². The molecule has 1 saturated carbocycles. The van der Waals surface area contributed by atoms with Crippen LogP contribution in [-0.4, -0.2) is 13.2 Å². The van der Waals surface area contributed by atoms with Crippen molar-refractivity contribution >= 4 is 0 Å². The molecule has 19 heavy (non-hydrogen) atoms. The molecule has 0 radical (unpaired) electrons. The Labute approximate surface area is 116 Å². The van der Waals surface area contributed by atoms with Gasteiger partial charge in [0.25, 0.3) is 0 Å². The molecule has 0 amide bonds. The van der Waals surface area contributed by atoms with Gasteiger partial charge in [-0.25, -0.2) is 0 Å². The van der Waals surface area contributed by atoms with Gasteiger partial charge in [0.1, 0.15) is 5.75 Å². The molecular formula is C16H26N2O. The van der Waals surface area contributed by atoms with Crippen molar-refractivity contribution < 1.29 is 4.74 Å². The summed E-state index contributed by atoms with van der Waals surface area (Å²) in [6, 6.07) is 8.72. The van der Waals surface area contributed by atoms with Crippen LogP contribution in [0, 0.1) is 5.92 Å². The molecule has 3 nitrogen and oxygen atoms in total. The van der Waals surface area contributed by atoms with Gasteiger partial charge in [0.15, 0.2) is 0 Å². The minimum Gasteiger partial charge on any atom is -0.497 e. The predicted molar refractivity (Wildman–Crippen MR) is 79.0 cm³/mol. The Kier molecular flexibility index (Phi) is 5.67. The highest BCUT2D eigenvalue weighted by molar-refractivity contribution is 5.27. The fraction of sp³-hybridized carbons (Fsp3) is 0.625. The fourth-order valence-electron chi connectivity index (χ4n) is 3.09. The van der Waals surface area contributed by atoms with Crippen molar-refractivity contribution in [1.82, 2.24) is 5.43 Å². The van der Waals surface area contributed by atoms with Gasteiger partial charge in [0, 0.05) is 6.04 Å². The monoisotopic (exact) mass is 262 g/mol. The number of hydrogen-bond acceptors (Lipinski definition) is 3. The molecule has 0 aliphatic heterocycles. The first kappa shape index (κ1) is 14.4. The number of ether oxygens (including phenoxy) is 1. The van der Waals surface area contributed by atoms with Crippen LogP contribution >= 0.6 is 0 Å². The number of rotatable bonds is 5. The SMILES string of the molecule is COc1ccc(CC(NN)C2CCCCCC2)cc1. The lowest BCUT2D eigenvalue weighted by atomic mass is 9.88. The summed E-state index contributed by atoms with van der Waals surface area (Å²) in [5, 5.41) is 0. The van der Waals surface area contributed by atoms with Crippen LogP contribution in [0.5, 0.6) is 5.75 Å². The van der Waals surface area contributed by atoms with E-state index in [0.29, 0.717) is 6.04 Å². The minimum absolute atomic E-state index is 0.395. The smallest absolute Gasteiger partial charge is 0.118 e. The molecule has 0 bridgehead atoms. The summed E-state index contributed by atoms with van der Waals surface area (Å²) in [6.45, 7) is 0. The maximum Gasteiger partial charge on any atom is 0.118 e. The lowest BCUT2D eigenvalue weighted by Crippen LogP contribution is -2.42. The van der Waals surface area contributed by atoms with Gasteiger partial charge in [-0.3, -0.25) is 11.3 Å². The van der Waals surface area contributed by atoms with Crippen molar-refractivity contribution in [2.75, 3.05) is 7.11 Å². The third kappa shape index (κ3) is 4.22. The van der Waals surface area contributed by atoms with E-state index in [1.54, 1.807) is 7.11 Å². The van der Waals surface area contributed by atoms with Crippen LogP contribution in [0.4, 0.5) is 0 Å². The molecule has 2 rings (SSSR count). The van der Waals surface area contributed by atoms with E-state index in [-0.39, 0.29) is 0 Å². The lowest BCUT2D eigenvalue weighted by molar-refractivity contribution is 0.320. The van der Waals surface area contributed by atoms with E-state index >= 15 is 0 Å². The van der Waals surface area contributed by atoms with Gasteiger partial charge >= 0.3 is 0 Å². The molecule has 106 valence electrons. The molecule has 1 aromatic rings. The van der Waals surface area contributed by atoms with Gasteiger partial charge in [-0.2, -0.15) is 0 Å². The Bertz CT molecular complexity index is 356. The largest absolute Gasteiger partial charge is 0.497 e. The average molecular weight is 262 g/mol. The number of benzene rings is 1. The normalized spacial score (nSPS) is 18.8. The van der Waals surface area contributed by atoms with Gasteiger partial charge in [0.05, 0.1) is 7.11 Å². The highest BCUT2D eigenvalue weighted by Gasteiger charge is 2.21. The average Bonchev–Trinajstić information content (AvgIpc) is 2.74. The summed E-state index contributed by atoms with van der Waals surface area (Å²) in [7, 11) is 1.70. The standard InChI is InChI=1S/C16H26N2O/c1-19-15-10-8-13(9-11-15)12-16(18-17)14-6-4-2-3-5-7-14/h8-11,14,16,18H,2-7,12,17H2,1H3. The van der Waals surface area contributed by atoms with Crippen LogP contribution < -0.4 is 16.0 Å². The van der Waals surface area contributed by atoms with Crippen molar-refractivity contribution in [3.63, 3.8) is 0 Å². The first-order chi connectivity index (χ1) is 9.33. The van der Waals surface area contributed by atoms with Crippen molar-refractivity contribution in [2.24, 2.45) is 11.8 Å². The molecule has 0 spiro atoms. The van der Waals surface area contributed by atoms with E-state index in [2.05, 4.69) is 17.6 Å². The molecule has 1 aliphatic carbocycles. The Morgan fingerprint density at radius 2 is 1.79 bits per heavy atom. The quantitative estimate of drug-likeness (QED) is 0.487. The Morgan fingerprint density at radius 1 is 1.16 bits per heavy atom. The second-order valence-electron chi connectivity index (χ2n) is 5.58. The van der Waals surface area contributed by atoms with E-state index in [1.807, 2.05) is 12.1 Å². The highest BCUT2D eigenvalue weighted by atomic mass is 16.5. The van der Waals surface area contributed by atoms with E-state index in [1.165, 1.54) is 44.1 Å². The fourth-order valence-corrected chi connectivity index (χ4v) is 3.09. The maximum atomic E-state index is 5.78. The van der Waals surface area contributed by atoms with Gasteiger partial charge in [-0.1, -0.05) is 37.8 Å². The molecule has 1 unspecified atom stereocenters. The van der Waals surface area contributed by atoms with Crippen LogP contribution in [0.25, 0.3) is 0 Å². The summed E-state index contributed by atoms with van der Waals surface area (Å²) < 4.78 is 5.19. The molecule has 3 N–H and O–H groups in total. The zero-order chi connectivity index (χ0) is 13.5. The van der Waals surface area contributed by atoms with E-state index in [9.17, 15) is 0 Å². The van der Waals surface area contributed by atoms with Crippen LogP contribution in [0.1, 0.15) is 44.1 Å². The summed E-state index contributed by atoms with van der Waals surface area (Å²) in [6.07, 6.45) is 9.10. The number of methoxy groups -OCH3 is 1. The van der Waals surface area contributed by atoms with Crippen molar-refractivity contribution in [3.8, 4) is 5.75 Å². The Hall–Kier alpha value is -1.06. The molecule has 1 fully saturated rings. The van der Waals surface area contributed by atoms with E-state index < -0.39 is 0 Å². The summed E-state index contributed by atoms with van der Waals surface area (Å²) in [5.41, 5.74) is 4.37. The Morgan fingerprint density at radius 3 is 2.32 bits per heavy atom. The second kappa shape index (κ2) is 7.51. The van der Waals surface area contributed by atoms with Crippen molar-refractivity contribution in [3.05, 3.63) is 29.8 Å². The molecule has 0 heterocycles. The van der Waals surface area contributed by atoms with E-state index in [0.717, 1.165) is 18.1 Å². The number of nitrogens with one attached hydrogen (secondary N) is 1. The third-order valence-corrected chi connectivity index (χ3v) is 4.30. The van der Waals surface area contributed by atoms with E-state index in [4.69, 9.17) is 10.6 Å². The molecular weight excluding hydrogens is 236 g/mol. The summed E-state index contributed by atoms with van der Waals surface area (Å²) >= 11 is 0. The predicted octanol–water partition coefficient (Wildman–Crippen LogP) is 3.04. The molecule has 3 heteroatoms. The van der Waals surface area contributed by atoms with Gasteiger partial charge < -0.3 is 4.74 Å². The summed E-state index contributed by atoms with van der Waals surface area (Å²) in [5.74, 6) is 7.41. The number of hydrazine groups is 1. The number of nitrogens with two attached hydrogens (primary N) is 1. The molecule has 0 saturated heterocycles. The lowest BCUT2D eigenvalue weighted by Gasteiger charge is -2.25. The third-order valence-electron chi connectivity index (χ3n) is 4.30. The molecule has 0 aromatic heterocycles. The summed E-state index contributed by atoms with van der Waals surface area (Å²) in [4.78, 5) is 0. The van der Waals surface area contributed by atoms with Crippen LogP contribution in [0.3, 0.4) is 0 Å². The second-order valence-corrected chi connectivity index (χ2v) is 5.58. The zero-order valence-corrected chi connectivity index (χ0v) is 11.9. The highest BCUT2D eigenvalue weighted by Crippen LogP contribution is 2.27. The van der Waals surface area contributed by atoms with Crippen molar-refractivity contribution in [1.29, 1.82) is 0 Å². The topological polar surface area (TPSA) is 47.3 Å². The molecule has 1 aliphatic rings. The van der Waals surface area contributed by atoms with Gasteiger partial charge in [-0.15, -0.1) is 0 Å². The van der Waals surface area contributed by atoms with Crippen molar-refractivity contribution in [2.45, 2.75) is 51.0 Å². The molecule has 1 atom stereocenters. The zero-order valence-electron chi connectivity index (χ0n) is 11.9. The van der Waals surface area contributed by atoms with Gasteiger partial charge in [-0.05, 0) is 42.9 Å².